The summed E-state index contributed by atoms with van der Waals surface area (Å²) in [5, 5.41) is 0.135. The highest BCUT2D eigenvalue weighted by atomic mass is 35.5. The van der Waals surface area contributed by atoms with E-state index in [-0.39, 0.29) is 26.3 Å². The third kappa shape index (κ3) is 4.44. The van der Waals surface area contributed by atoms with Crippen molar-refractivity contribution in [3.8, 4) is 0 Å². The van der Waals surface area contributed by atoms with Crippen LogP contribution in [0.2, 0.25) is 10.2 Å². The summed E-state index contributed by atoms with van der Waals surface area (Å²) in [4.78, 5) is 28.3. The fourth-order valence-corrected chi connectivity index (χ4v) is 4.60. The smallest absolute Gasteiger partial charge is 0.267 e. The van der Waals surface area contributed by atoms with E-state index in [1.807, 2.05) is 0 Å². The fraction of sp³-hybridized carbons (Fsp3) is 0.235. The maximum absolute atomic E-state index is 12.6. The second-order valence-corrected chi connectivity index (χ2v) is 8.74. The van der Waals surface area contributed by atoms with Gasteiger partial charge in [-0.15, -0.1) is 0 Å². The minimum absolute atomic E-state index is 0.0212. The molecule has 2 aromatic rings. The molecule has 0 unspecified atom stereocenters. The normalized spacial score (nSPS) is 14.6. The Hall–Kier alpha value is -2.20. The molecule has 0 bridgehead atoms. The molecule has 0 spiro atoms. The summed E-state index contributed by atoms with van der Waals surface area (Å²) in [5.74, 6) is -1.45. The zero-order valence-corrected chi connectivity index (χ0v) is 16.8. The van der Waals surface area contributed by atoms with Crippen LogP contribution in [0.5, 0.6) is 0 Å². The van der Waals surface area contributed by atoms with E-state index in [1.165, 1.54) is 40.7 Å². The quantitative estimate of drug-likeness (QED) is 0.557. The molecule has 148 valence electrons. The van der Waals surface area contributed by atoms with E-state index < -0.39 is 21.8 Å². The van der Waals surface area contributed by atoms with E-state index in [0.717, 1.165) is 12.8 Å². The first-order valence-corrected chi connectivity index (χ1v) is 10.5. The Morgan fingerprint density at radius 1 is 1.00 bits per heavy atom. The van der Waals surface area contributed by atoms with Crippen molar-refractivity contribution < 1.29 is 18.0 Å². The van der Waals surface area contributed by atoms with E-state index in [2.05, 4.69) is 15.8 Å². The van der Waals surface area contributed by atoms with Crippen molar-refractivity contribution in [1.82, 2.24) is 20.1 Å². The lowest BCUT2D eigenvalue weighted by atomic mass is 10.2. The van der Waals surface area contributed by atoms with Crippen molar-refractivity contribution >= 4 is 45.0 Å². The summed E-state index contributed by atoms with van der Waals surface area (Å²) in [5.41, 5.74) is 4.30. The standard InChI is InChI=1S/C17H16Cl2N4O4S/c18-13-6-7-14(19)20-15(13)17(25)22-21-16(24)11-4-3-5-12(10-11)28(26,27)23-8-1-2-9-23/h3-7,10H,1-2,8-9H2,(H,21,24)(H,22,25). The fourth-order valence-electron chi connectivity index (χ4n) is 2.70. The maximum Gasteiger partial charge on any atom is 0.289 e. The van der Waals surface area contributed by atoms with E-state index in [4.69, 9.17) is 23.2 Å². The molecule has 1 fully saturated rings. The van der Waals surface area contributed by atoms with Gasteiger partial charge in [-0.1, -0.05) is 29.3 Å². The molecule has 1 saturated heterocycles. The van der Waals surface area contributed by atoms with Crippen LogP contribution in [0.25, 0.3) is 0 Å². The highest BCUT2D eigenvalue weighted by Crippen LogP contribution is 2.21. The lowest BCUT2D eigenvalue weighted by Gasteiger charge is -2.16. The monoisotopic (exact) mass is 442 g/mol. The Balaban J connectivity index is 1.71. The summed E-state index contributed by atoms with van der Waals surface area (Å²) < 4.78 is 26.6. The van der Waals surface area contributed by atoms with Gasteiger partial charge in [0.2, 0.25) is 10.0 Å². The van der Waals surface area contributed by atoms with E-state index >= 15 is 0 Å². The third-order valence-electron chi connectivity index (χ3n) is 4.12. The van der Waals surface area contributed by atoms with Crippen LogP contribution in [-0.2, 0) is 10.0 Å². The molecular weight excluding hydrogens is 427 g/mol. The molecular formula is C17H16Cl2N4O4S. The number of rotatable bonds is 4. The first-order valence-electron chi connectivity index (χ1n) is 8.32. The molecule has 2 amide bonds. The van der Waals surface area contributed by atoms with Gasteiger partial charge in [-0.05, 0) is 43.2 Å². The van der Waals surface area contributed by atoms with Crippen molar-refractivity contribution in [2.75, 3.05) is 13.1 Å². The third-order valence-corrected chi connectivity index (χ3v) is 6.53. The molecule has 1 aromatic heterocycles. The Labute approximate surface area is 171 Å². The molecule has 8 nitrogen and oxygen atoms in total. The van der Waals surface area contributed by atoms with Gasteiger partial charge in [0.15, 0.2) is 0 Å². The second kappa shape index (κ2) is 8.44. The average molecular weight is 443 g/mol. The van der Waals surface area contributed by atoms with Crippen LogP contribution in [0.3, 0.4) is 0 Å². The molecule has 0 atom stereocenters. The minimum Gasteiger partial charge on any atom is -0.267 e. The van der Waals surface area contributed by atoms with Gasteiger partial charge >= 0.3 is 0 Å². The van der Waals surface area contributed by atoms with E-state index in [0.29, 0.717) is 13.1 Å². The number of hydrogen-bond acceptors (Lipinski definition) is 5. The summed E-state index contributed by atoms with van der Waals surface area (Å²) >= 11 is 11.6. The molecule has 1 aliphatic rings. The summed E-state index contributed by atoms with van der Waals surface area (Å²) in [7, 11) is -3.66. The van der Waals surface area contributed by atoms with Gasteiger partial charge in [0.05, 0.1) is 9.92 Å². The molecule has 2 heterocycles. The highest BCUT2D eigenvalue weighted by molar-refractivity contribution is 7.89. The van der Waals surface area contributed by atoms with Crippen LogP contribution < -0.4 is 10.9 Å². The van der Waals surface area contributed by atoms with E-state index in [9.17, 15) is 18.0 Å². The van der Waals surface area contributed by atoms with Crippen LogP contribution in [0.4, 0.5) is 0 Å². The van der Waals surface area contributed by atoms with Gasteiger partial charge in [-0.2, -0.15) is 4.31 Å². The van der Waals surface area contributed by atoms with Crippen molar-refractivity contribution in [2.24, 2.45) is 0 Å². The van der Waals surface area contributed by atoms with Crippen molar-refractivity contribution in [3.05, 3.63) is 57.8 Å². The molecule has 1 aliphatic heterocycles. The molecule has 28 heavy (non-hydrogen) atoms. The Morgan fingerprint density at radius 2 is 1.68 bits per heavy atom. The number of sulfonamides is 1. The number of halogens is 2. The molecule has 2 N–H and O–H groups in total. The molecule has 0 aliphatic carbocycles. The summed E-state index contributed by atoms with van der Waals surface area (Å²) in [6.07, 6.45) is 1.62. The number of hydrogen-bond donors (Lipinski definition) is 2. The number of amides is 2. The number of benzene rings is 1. The summed E-state index contributed by atoms with van der Waals surface area (Å²) in [6.45, 7) is 0.921. The zero-order chi connectivity index (χ0) is 20.3. The molecule has 11 heteroatoms. The number of nitrogens with one attached hydrogen (secondary N) is 2. The number of pyridine rings is 1. The van der Waals surface area contributed by atoms with Crippen LogP contribution in [-0.4, -0.2) is 42.6 Å². The first kappa shape index (κ1) is 20.5. The van der Waals surface area contributed by atoms with Crippen LogP contribution in [0, 0.1) is 0 Å². The highest BCUT2D eigenvalue weighted by Gasteiger charge is 2.27. The van der Waals surface area contributed by atoms with Crippen LogP contribution in [0.1, 0.15) is 33.7 Å². The second-order valence-electron chi connectivity index (χ2n) is 6.01. The van der Waals surface area contributed by atoms with Crippen molar-refractivity contribution in [3.63, 3.8) is 0 Å². The van der Waals surface area contributed by atoms with E-state index in [1.54, 1.807) is 0 Å². The Kier molecular flexibility index (Phi) is 6.19. The molecule has 1 aromatic carbocycles. The van der Waals surface area contributed by atoms with Gasteiger partial charge in [-0.25, -0.2) is 13.4 Å². The van der Waals surface area contributed by atoms with Crippen LogP contribution >= 0.6 is 23.2 Å². The lowest BCUT2D eigenvalue weighted by Crippen LogP contribution is -2.42. The SMILES string of the molecule is O=C(NNC(=O)c1nc(Cl)ccc1Cl)c1cccc(S(=O)(=O)N2CCCC2)c1. The van der Waals surface area contributed by atoms with Gasteiger partial charge in [-0.3, -0.25) is 20.4 Å². The number of aromatic nitrogens is 1. The zero-order valence-electron chi connectivity index (χ0n) is 14.5. The van der Waals surface area contributed by atoms with Gasteiger partial charge in [0, 0.05) is 18.7 Å². The number of nitrogens with zero attached hydrogens (tertiary/aromatic N) is 2. The largest absolute Gasteiger partial charge is 0.289 e. The van der Waals surface area contributed by atoms with Gasteiger partial charge < -0.3 is 0 Å². The van der Waals surface area contributed by atoms with Crippen molar-refractivity contribution in [1.29, 1.82) is 0 Å². The van der Waals surface area contributed by atoms with Gasteiger partial charge in [0.25, 0.3) is 11.8 Å². The summed E-state index contributed by atoms with van der Waals surface area (Å²) in [6, 6.07) is 8.43. The predicted molar refractivity (Wildman–Crippen MR) is 104 cm³/mol. The average Bonchev–Trinajstić information content (AvgIpc) is 3.23. The number of hydrazine groups is 1. The number of carbonyl (C=O) groups is 2. The van der Waals surface area contributed by atoms with Gasteiger partial charge in [0.1, 0.15) is 10.8 Å². The topological polar surface area (TPSA) is 108 Å². The molecule has 3 rings (SSSR count). The Bertz CT molecular complexity index is 1020. The predicted octanol–water partition coefficient (Wildman–Crippen LogP) is 2.25. The van der Waals surface area contributed by atoms with Crippen LogP contribution in [0.15, 0.2) is 41.3 Å². The van der Waals surface area contributed by atoms with Crippen molar-refractivity contribution in [2.45, 2.75) is 17.7 Å². The lowest BCUT2D eigenvalue weighted by molar-refractivity contribution is 0.0844. The minimum atomic E-state index is -3.66. The molecule has 0 radical (unpaired) electrons. The number of carbonyl (C=O) groups excluding carboxylic acids is 2. The molecule has 0 saturated carbocycles. The maximum atomic E-state index is 12.6. The Morgan fingerprint density at radius 3 is 2.39 bits per heavy atom. The first-order chi connectivity index (χ1) is 13.3.